The van der Waals surface area contributed by atoms with Gasteiger partial charge in [0.25, 0.3) is 0 Å². The SMILES string of the molecule is CC(CNc1cc(-c2cnc3c(cnn3CCO)c2)ncn1)C1=CCNc2ccoc21. The first-order valence-corrected chi connectivity index (χ1v) is 10.2. The van der Waals surface area contributed by atoms with Crippen LogP contribution in [0.3, 0.4) is 0 Å². The summed E-state index contributed by atoms with van der Waals surface area (Å²) in [5.41, 5.74) is 4.64. The number of hydrogen-bond acceptors (Lipinski definition) is 8. The molecule has 0 saturated heterocycles. The third kappa shape index (κ3) is 3.75. The topological polar surface area (TPSA) is 114 Å². The predicted molar refractivity (Wildman–Crippen MR) is 118 cm³/mol. The number of nitrogens with one attached hydrogen (secondary N) is 2. The summed E-state index contributed by atoms with van der Waals surface area (Å²) in [6.07, 6.45) is 8.95. The van der Waals surface area contributed by atoms with E-state index in [9.17, 15) is 0 Å². The quantitative estimate of drug-likeness (QED) is 0.420. The van der Waals surface area contributed by atoms with E-state index < -0.39 is 0 Å². The summed E-state index contributed by atoms with van der Waals surface area (Å²) < 4.78 is 7.35. The van der Waals surface area contributed by atoms with Gasteiger partial charge >= 0.3 is 0 Å². The lowest BCUT2D eigenvalue weighted by Gasteiger charge is -2.20. The molecular formula is C22H23N7O2. The molecule has 4 aromatic rings. The predicted octanol–water partition coefficient (Wildman–Crippen LogP) is 3.03. The van der Waals surface area contributed by atoms with Crippen LogP contribution in [0.2, 0.25) is 0 Å². The number of pyridine rings is 1. The number of nitrogens with zero attached hydrogens (tertiary/aromatic N) is 5. The molecule has 5 rings (SSSR count). The van der Waals surface area contributed by atoms with Crippen LogP contribution in [0.1, 0.15) is 12.7 Å². The van der Waals surface area contributed by atoms with Crippen LogP contribution in [0.25, 0.3) is 27.9 Å². The van der Waals surface area contributed by atoms with Gasteiger partial charge in [-0.3, -0.25) is 0 Å². The average Bonchev–Trinajstić information content (AvgIpc) is 3.44. The molecule has 9 nitrogen and oxygen atoms in total. The summed E-state index contributed by atoms with van der Waals surface area (Å²) in [7, 11) is 0. The second-order valence-electron chi connectivity index (χ2n) is 7.50. The number of hydrogen-bond donors (Lipinski definition) is 3. The molecule has 0 aliphatic carbocycles. The van der Waals surface area contributed by atoms with E-state index in [4.69, 9.17) is 9.52 Å². The Morgan fingerprint density at radius 3 is 3.10 bits per heavy atom. The first kappa shape index (κ1) is 19.3. The highest BCUT2D eigenvalue weighted by atomic mass is 16.3. The van der Waals surface area contributed by atoms with Crippen molar-refractivity contribution in [1.29, 1.82) is 0 Å². The molecule has 0 bridgehead atoms. The van der Waals surface area contributed by atoms with Crippen LogP contribution in [0.4, 0.5) is 11.5 Å². The van der Waals surface area contributed by atoms with Gasteiger partial charge in [0.1, 0.15) is 12.1 Å². The number of anilines is 2. The van der Waals surface area contributed by atoms with Gasteiger partial charge in [0.15, 0.2) is 11.4 Å². The Balaban J connectivity index is 1.31. The van der Waals surface area contributed by atoms with Crippen molar-refractivity contribution in [3.63, 3.8) is 0 Å². The number of aliphatic hydroxyl groups excluding tert-OH is 1. The maximum atomic E-state index is 9.15. The fourth-order valence-electron chi connectivity index (χ4n) is 3.81. The van der Waals surface area contributed by atoms with E-state index in [-0.39, 0.29) is 12.5 Å². The lowest BCUT2D eigenvalue weighted by molar-refractivity contribution is 0.271. The van der Waals surface area contributed by atoms with E-state index in [0.29, 0.717) is 13.1 Å². The second kappa shape index (κ2) is 8.19. The van der Waals surface area contributed by atoms with Crippen LogP contribution in [-0.4, -0.2) is 49.5 Å². The Labute approximate surface area is 178 Å². The largest absolute Gasteiger partial charge is 0.462 e. The summed E-state index contributed by atoms with van der Waals surface area (Å²) >= 11 is 0. The Morgan fingerprint density at radius 2 is 2.19 bits per heavy atom. The molecule has 158 valence electrons. The molecule has 0 fully saturated rings. The minimum Gasteiger partial charge on any atom is -0.462 e. The van der Waals surface area contributed by atoms with E-state index in [1.807, 2.05) is 18.2 Å². The first-order chi connectivity index (χ1) is 15.2. The van der Waals surface area contributed by atoms with Crippen molar-refractivity contribution in [2.75, 3.05) is 30.3 Å². The molecule has 4 aromatic heterocycles. The van der Waals surface area contributed by atoms with Crippen molar-refractivity contribution in [1.82, 2.24) is 24.7 Å². The van der Waals surface area contributed by atoms with Crippen LogP contribution < -0.4 is 10.6 Å². The van der Waals surface area contributed by atoms with Gasteiger partial charge in [0.05, 0.1) is 37.0 Å². The molecule has 0 amide bonds. The molecule has 5 heterocycles. The molecule has 3 N–H and O–H groups in total. The summed E-state index contributed by atoms with van der Waals surface area (Å²) in [5, 5.41) is 21.1. The normalized spacial score (nSPS) is 14.1. The van der Waals surface area contributed by atoms with Gasteiger partial charge in [-0.1, -0.05) is 13.0 Å². The molecule has 0 saturated carbocycles. The zero-order chi connectivity index (χ0) is 21.2. The van der Waals surface area contributed by atoms with E-state index in [2.05, 4.69) is 43.7 Å². The summed E-state index contributed by atoms with van der Waals surface area (Å²) in [6, 6.07) is 5.87. The van der Waals surface area contributed by atoms with Gasteiger partial charge in [-0.05, 0) is 11.6 Å². The van der Waals surface area contributed by atoms with Crippen molar-refractivity contribution in [3.05, 3.63) is 55.0 Å². The summed E-state index contributed by atoms with van der Waals surface area (Å²) in [6.45, 7) is 4.12. The lowest BCUT2D eigenvalue weighted by atomic mass is 9.95. The van der Waals surface area contributed by atoms with Crippen LogP contribution in [0.15, 0.2) is 53.7 Å². The number of aliphatic hydroxyl groups is 1. The van der Waals surface area contributed by atoms with Crippen molar-refractivity contribution >= 4 is 28.1 Å². The summed E-state index contributed by atoms with van der Waals surface area (Å²) in [4.78, 5) is 13.3. The van der Waals surface area contributed by atoms with E-state index in [0.717, 1.165) is 46.1 Å². The number of furan rings is 1. The Hall–Kier alpha value is -3.72. The molecule has 31 heavy (non-hydrogen) atoms. The smallest absolute Gasteiger partial charge is 0.157 e. The van der Waals surface area contributed by atoms with Crippen molar-refractivity contribution in [2.45, 2.75) is 13.5 Å². The van der Waals surface area contributed by atoms with Crippen molar-refractivity contribution < 1.29 is 9.52 Å². The molecule has 1 aliphatic heterocycles. The zero-order valence-corrected chi connectivity index (χ0v) is 17.1. The standard InChI is InChI=1S/C22H23N7O2/c1-14(17-2-4-23-18-3-7-31-21(17)18)10-24-20-9-19(26-13-27-20)15-8-16-12-28-29(5-6-30)22(16)25-11-15/h2-3,7-9,11-14,23,30H,4-6,10H2,1H3,(H,24,26,27). The van der Waals surface area contributed by atoms with Crippen molar-refractivity contribution in [3.8, 4) is 11.3 Å². The molecule has 9 heteroatoms. The number of fused-ring (bicyclic) bond motifs is 2. The number of rotatable bonds is 7. The van der Waals surface area contributed by atoms with Crippen LogP contribution in [0.5, 0.6) is 0 Å². The van der Waals surface area contributed by atoms with E-state index in [1.54, 1.807) is 29.7 Å². The van der Waals surface area contributed by atoms with Gasteiger partial charge in [0.2, 0.25) is 0 Å². The Morgan fingerprint density at radius 1 is 1.26 bits per heavy atom. The summed E-state index contributed by atoms with van der Waals surface area (Å²) in [5.74, 6) is 1.91. The third-order valence-corrected chi connectivity index (χ3v) is 5.41. The number of aromatic nitrogens is 5. The molecule has 0 radical (unpaired) electrons. The molecule has 0 aromatic carbocycles. The molecule has 1 atom stereocenters. The van der Waals surface area contributed by atoms with Gasteiger partial charge in [0, 0.05) is 48.3 Å². The maximum absolute atomic E-state index is 9.15. The average molecular weight is 417 g/mol. The van der Waals surface area contributed by atoms with E-state index in [1.165, 1.54) is 5.57 Å². The van der Waals surface area contributed by atoms with Crippen LogP contribution in [0, 0.1) is 5.92 Å². The van der Waals surface area contributed by atoms with E-state index >= 15 is 0 Å². The lowest BCUT2D eigenvalue weighted by Crippen LogP contribution is -2.17. The van der Waals surface area contributed by atoms with Crippen molar-refractivity contribution in [2.24, 2.45) is 5.92 Å². The highest BCUT2D eigenvalue weighted by Gasteiger charge is 2.20. The highest BCUT2D eigenvalue weighted by molar-refractivity contribution is 5.80. The first-order valence-electron chi connectivity index (χ1n) is 10.2. The van der Waals surface area contributed by atoms with Gasteiger partial charge in [-0.25, -0.2) is 19.6 Å². The Bertz CT molecular complexity index is 1240. The molecular weight excluding hydrogens is 394 g/mol. The highest BCUT2D eigenvalue weighted by Crippen LogP contribution is 2.33. The monoisotopic (exact) mass is 417 g/mol. The Kier molecular flexibility index (Phi) is 5.09. The van der Waals surface area contributed by atoms with Crippen LogP contribution >= 0.6 is 0 Å². The van der Waals surface area contributed by atoms with Gasteiger partial charge in [-0.2, -0.15) is 5.10 Å². The van der Waals surface area contributed by atoms with Gasteiger partial charge < -0.3 is 20.2 Å². The zero-order valence-electron chi connectivity index (χ0n) is 17.1. The fourth-order valence-corrected chi connectivity index (χ4v) is 3.81. The molecule has 0 spiro atoms. The second-order valence-corrected chi connectivity index (χ2v) is 7.50. The minimum atomic E-state index is 0.0220. The minimum absolute atomic E-state index is 0.0220. The maximum Gasteiger partial charge on any atom is 0.157 e. The third-order valence-electron chi connectivity index (χ3n) is 5.41. The van der Waals surface area contributed by atoms with Crippen LogP contribution in [-0.2, 0) is 6.54 Å². The fraction of sp³-hybridized carbons (Fsp3) is 0.273. The van der Waals surface area contributed by atoms with Gasteiger partial charge in [-0.15, -0.1) is 0 Å². The molecule has 1 aliphatic rings. The molecule has 1 unspecified atom stereocenters.